The van der Waals surface area contributed by atoms with Gasteiger partial charge < -0.3 is 15.4 Å². The summed E-state index contributed by atoms with van der Waals surface area (Å²) in [5, 5.41) is 13.3. The largest absolute Gasteiger partial charge is 0.396 e. The van der Waals surface area contributed by atoms with E-state index in [0.717, 1.165) is 36.7 Å². The maximum absolute atomic E-state index is 8.66. The predicted octanol–water partition coefficient (Wildman–Crippen LogP) is 1.77. The summed E-state index contributed by atoms with van der Waals surface area (Å²) in [6.45, 7) is 2.15. The van der Waals surface area contributed by atoms with E-state index < -0.39 is 0 Å². The molecule has 0 aromatic carbocycles. The maximum atomic E-state index is 8.66. The molecule has 98 valence electrons. The Hall–Kier alpha value is -1.04. The van der Waals surface area contributed by atoms with Crippen LogP contribution in [0.25, 0.3) is 11.0 Å². The van der Waals surface area contributed by atoms with E-state index >= 15 is 0 Å². The third-order valence-corrected chi connectivity index (χ3v) is 3.79. The van der Waals surface area contributed by atoms with Crippen molar-refractivity contribution in [1.82, 2.24) is 15.3 Å². The second kappa shape index (κ2) is 7.41. The summed E-state index contributed by atoms with van der Waals surface area (Å²) < 4.78 is 0. The number of aromatic amines is 1. The standard InChI is InChI=1S/C13H19N3OS/c17-6-2-7-18-8-5-14-9-11-10-16-13-12(11)3-1-4-15-13/h1,3-4,10,14,17H,2,5-9H2,(H,15,16). The predicted molar refractivity (Wildman–Crippen MR) is 76.8 cm³/mol. The van der Waals surface area contributed by atoms with E-state index in [1.807, 2.05) is 24.0 Å². The smallest absolute Gasteiger partial charge is 0.137 e. The number of rotatable bonds is 8. The Bertz CT molecular complexity index is 472. The third-order valence-electron chi connectivity index (χ3n) is 2.72. The summed E-state index contributed by atoms with van der Waals surface area (Å²) in [5.41, 5.74) is 2.21. The number of H-pyrrole nitrogens is 1. The van der Waals surface area contributed by atoms with Crippen LogP contribution in [0.4, 0.5) is 0 Å². The molecule has 0 spiro atoms. The highest BCUT2D eigenvalue weighted by Gasteiger charge is 2.02. The quantitative estimate of drug-likeness (QED) is 0.637. The van der Waals surface area contributed by atoms with E-state index in [1.54, 1.807) is 6.20 Å². The van der Waals surface area contributed by atoms with Gasteiger partial charge in [0.1, 0.15) is 5.65 Å². The Balaban J connectivity index is 1.70. The van der Waals surface area contributed by atoms with Crippen molar-refractivity contribution in [3.8, 4) is 0 Å². The molecule has 0 atom stereocenters. The zero-order chi connectivity index (χ0) is 12.6. The number of thioether (sulfide) groups is 1. The Kier molecular flexibility index (Phi) is 5.51. The topological polar surface area (TPSA) is 60.9 Å². The number of hydrogen-bond donors (Lipinski definition) is 3. The first-order chi connectivity index (χ1) is 8.92. The van der Waals surface area contributed by atoms with Gasteiger partial charge >= 0.3 is 0 Å². The van der Waals surface area contributed by atoms with Crippen LogP contribution in [0.1, 0.15) is 12.0 Å². The molecule has 2 aromatic rings. The van der Waals surface area contributed by atoms with Gasteiger partial charge in [0.2, 0.25) is 0 Å². The lowest BCUT2D eigenvalue weighted by Crippen LogP contribution is -2.16. The van der Waals surface area contributed by atoms with Gasteiger partial charge in [-0.3, -0.25) is 0 Å². The fraction of sp³-hybridized carbons (Fsp3) is 0.462. The van der Waals surface area contributed by atoms with Crippen LogP contribution in [0.5, 0.6) is 0 Å². The van der Waals surface area contributed by atoms with E-state index in [2.05, 4.69) is 21.4 Å². The SMILES string of the molecule is OCCCSCCNCc1c[nH]c2ncccc12. The lowest BCUT2D eigenvalue weighted by atomic mass is 10.2. The van der Waals surface area contributed by atoms with Crippen molar-refractivity contribution in [2.75, 3.05) is 24.7 Å². The summed E-state index contributed by atoms with van der Waals surface area (Å²) >= 11 is 1.88. The van der Waals surface area contributed by atoms with E-state index in [4.69, 9.17) is 5.11 Å². The van der Waals surface area contributed by atoms with Gasteiger partial charge in [-0.25, -0.2) is 4.98 Å². The molecule has 2 rings (SSSR count). The van der Waals surface area contributed by atoms with Crippen molar-refractivity contribution < 1.29 is 5.11 Å². The molecule has 0 aliphatic carbocycles. The number of pyridine rings is 1. The summed E-state index contributed by atoms with van der Waals surface area (Å²) in [4.78, 5) is 7.44. The molecule has 2 heterocycles. The first-order valence-electron chi connectivity index (χ1n) is 6.22. The first-order valence-corrected chi connectivity index (χ1v) is 7.37. The van der Waals surface area contributed by atoms with Crippen LogP contribution >= 0.6 is 11.8 Å². The normalized spacial score (nSPS) is 11.2. The van der Waals surface area contributed by atoms with Crippen molar-refractivity contribution in [3.63, 3.8) is 0 Å². The van der Waals surface area contributed by atoms with E-state index in [-0.39, 0.29) is 0 Å². The van der Waals surface area contributed by atoms with Gasteiger partial charge in [0.05, 0.1) is 0 Å². The molecule has 5 heteroatoms. The molecule has 0 fully saturated rings. The second-order valence-corrected chi connectivity index (χ2v) is 5.30. The van der Waals surface area contributed by atoms with Gasteiger partial charge in [-0.2, -0.15) is 11.8 Å². The Morgan fingerprint density at radius 1 is 1.39 bits per heavy atom. The molecule has 3 N–H and O–H groups in total. The monoisotopic (exact) mass is 265 g/mol. The zero-order valence-corrected chi connectivity index (χ0v) is 11.2. The number of hydrogen-bond acceptors (Lipinski definition) is 4. The van der Waals surface area contributed by atoms with Crippen LogP contribution in [0, 0.1) is 0 Å². The number of aliphatic hydroxyl groups is 1. The molecule has 0 amide bonds. The molecule has 0 saturated heterocycles. The number of nitrogens with one attached hydrogen (secondary N) is 2. The minimum Gasteiger partial charge on any atom is -0.396 e. The average Bonchev–Trinajstić information content (AvgIpc) is 2.81. The molecule has 18 heavy (non-hydrogen) atoms. The summed E-state index contributed by atoms with van der Waals surface area (Å²) in [6, 6.07) is 4.05. The van der Waals surface area contributed by atoms with E-state index in [9.17, 15) is 0 Å². The molecule has 0 radical (unpaired) electrons. The third kappa shape index (κ3) is 3.73. The van der Waals surface area contributed by atoms with Gasteiger partial charge in [-0.15, -0.1) is 0 Å². The van der Waals surface area contributed by atoms with Gasteiger partial charge in [0.25, 0.3) is 0 Å². The van der Waals surface area contributed by atoms with Crippen molar-refractivity contribution >= 4 is 22.8 Å². The van der Waals surface area contributed by atoms with Gasteiger partial charge in [-0.05, 0) is 29.9 Å². The summed E-state index contributed by atoms with van der Waals surface area (Å²) in [5.74, 6) is 2.12. The Morgan fingerprint density at radius 3 is 3.22 bits per heavy atom. The highest BCUT2D eigenvalue weighted by atomic mass is 32.2. The van der Waals surface area contributed by atoms with Gasteiger partial charge in [-0.1, -0.05) is 0 Å². The minimum atomic E-state index is 0.294. The summed E-state index contributed by atoms with van der Waals surface area (Å²) in [7, 11) is 0. The molecular weight excluding hydrogens is 246 g/mol. The fourth-order valence-electron chi connectivity index (χ4n) is 1.79. The fourth-order valence-corrected chi connectivity index (χ4v) is 2.62. The summed E-state index contributed by atoms with van der Waals surface area (Å²) in [6.07, 6.45) is 4.70. The zero-order valence-electron chi connectivity index (χ0n) is 10.4. The molecule has 0 aliphatic rings. The molecular formula is C13H19N3OS. The maximum Gasteiger partial charge on any atom is 0.137 e. The molecule has 0 aliphatic heterocycles. The molecule has 0 saturated carbocycles. The van der Waals surface area contributed by atoms with Crippen LogP contribution in [0.2, 0.25) is 0 Å². The first kappa shape index (κ1) is 13.4. The molecule has 4 nitrogen and oxygen atoms in total. The van der Waals surface area contributed by atoms with Crippen LogP contribution < -0.4 is 5.32 Å². The Morgan fingerprint density at radius 2 is 2.33 bits per heavy atom. The number of aromatic nitrogens is 2. The van der Waals surface area contributed by atoms with Gasteiger partial charge in [0, 0.05) is 43.2 Å². The minimum absolute atomic E-state index is 0.294. The molecule has 0 unspecified atom stereocenters. The van der Waals surface area contributed by atoms with Crippen molar-refractivity contribution in [1.29, 1.82) is 0 Å². The van der Waals surface area contributed by atoms with E-state index in [0.29, 0.717) is 6.61 Å². The van der Waals surface area contributed by atoms with Gasteiger partial charge in [0.15, 0.2) is 0 Å². The highest BCUT2D eigenvalue weighted by molar-refractivity contribution is 7.99. The van der Waals surface area contributed by atoms with Crippen LogP contribution in [0.3, 0.4) is 0 Å². The van der Waals surface area contributed by atoms with Crippen LogP contribution in [-0.4, -0.2) is 39.7 Å². The highest BCUT2D eigenvalue weighted by Crippen LogP contribution is 2.14. The van der Waals surface area contributed by atoms with Crippen molar-refractivity contribution in [2.24, 2.45) is 0 Å². The van der Waals surface area contributed by atoms with Crippen molar-refractivity contribution in [2.45, 2.75) is 13.0 Å². The Labute approximate surface area is 111 Å². The molecule has 2 aromatic heterocycles. The number of aliphatic hydroxyl groups excluding tert-OH is 1. The van der Waals surface area contributed by atoms with E-state index in [1.165, 1.54) is 10.9 Å². The van der Waals surface area contributed by atoms with Crippen molar-refractivity contribution in [3.05, 3.63) is 30.1 Å². The molecule has 0 bridgehead atoms. The lowest BCUT2D eigenvalue weighted by Gasteiger charge is -2.03. The second-order valence-electron chi connectivity index (χ2n) is 4.08. The lowest BCUT2D eigenvalue weighted by molar-refractivity contribution is 0.296. The van der Waals surface area contributed by atoms with Crippen LogP contribution in [0.15, 0.2) is 24.5 Å². The number of fused-ring (bicyclic) bond motifs is 1. The van der Waals surface area contributed by atoms with Crippen LogP contribution in [-0.2, 0) is 6.54 Å². The number of nitrogens with zero attached hydrogens (tertiary/aromatic N) is 1. The average molecular weight is 265 g/mol.